The summed E-state index contributed by atoms with van der Waals surface area (Å²) < 4.78 is 37.4. The van der Waals surface area contributed by atoms with Gasteiger partial charge in [0, 0.05) is 17.1 Å². The van der Waals surface area contributed by atoms with E-state index in [9.17, 15) is 13.2 Å². The monoisotopic (exact) mass is 286 g/mol. The van der Waals surface area contributed by atoms with Crippen molar-refractivity contribution in [3.8, 4) is 0 Å². The molecule has 2 N–H and O–H groups in total. The molecule has 0 saturated heterocycles. The van der Waals surface area contributed by atoms with Crippen LogP contribution in [0, 0.1) is 6.92 Å². The molecule has 0 saturated carbocycles. The highest BCUT2D eigenvalue weighted by atomic mass is 32.1. The standard InChI is InChI=1S/C13H13F3N2S/c1-8-3-2-4-9(5-8)6-10(17)11-7-18-12(19-11)13(14,15)16/h2-5,7,10H,6,17H2,1H3. The molecule has 1 heterocycles. The van der Waals surface area contributed by atoms with Gasteiger partial charge in [0.2, 0.25) is 0 Å². The third-order valence-corrected chi connectivity index (χ3v) is 3.84. The van der Waals surface area contributed by atoms with E-state index < -0.39 is 17.2 Å². The average Bonchev–Trinajstić information content (AvgIpc) is 2.77. The normalized spacial score (nSPS) is 13.5. The Bertz CT molecular complexity index is 563. The summed E-state index contributed by atoms with van der Waals surface area (Å²) in [7, 11) is 0. The molecule has 1 atom stereocenters. The second-order valence-electron chi connectivity index (χ2n) is 4.37. The fraction of sp³-hybridized carbons (Fsp3) is 0.308. The molecule has 1 aromatic carbocycles. The first kappa shape index (κ1) is 14.0. The lowest BCUT2D eigenvalue weighted by Gasteiger charge is -2.09. The van der Waals surface area contributed by atoms with Crippen LogP contribution in [0.1, 0.15) is 27.1 Å². The second-order valence-corrected chi connectivity index (χ2v) is 5.43. The highest BCUT2D eigenvalue weighted by Gasteiger charge is 2.35. The Morgan fingerprint density at radius 3 is 2.68 bits per heavy atom. The van der Waals surface area contributed by atoms with Gasteiger partial charge in [0.25, 0.3) is 0 Å². The molecule has 0 aliphatic carbocycles. The molecule has 0 bridgehead atoms. The summed E-state index contributed by atoms with van der Waals surface area (Å²) in [5.41, 5.74) is 8.05. The number of hydrogen-bond donors (Lipinski definition) is 1. The number of thiazole rings is 1. The zero-order chi connectivity index (χ0) is 14.0. The Kier molecular flexibility index (Phi) is 3.91. The van der Waals surface area contributed by atoms with Gasteiger partial charge in [-0.25, -0.2) is 4.98 Å². The topological polar surface area (TPSA) is 38.9 Å². The number of alkyl halides is 3. The van der Waals surface area contributed by atoms with E-state index in [1.54, 1.807) is 0 Å². The van der Waals surface area contributed by atoms with E-state index in [1.165, 1.54) is 6.20 Å². The third-order valence-electron chi connectivity index (χ3n) is 2.67. The first-order chi connectivity index (χ1) is 8.86. The maximum absolute atomic E-state index is 12.5. The molecule has 0 aliphatic heterocycles. The summed E-state index contributed by atoms with van der Waals surface area (Å²) in [6.45, 7) is 1.96. The number of aryl methyl sites for hydroxylation is 1. The lowest BCUT2D eigenvalue weighted by Crippen LogP contribution is -2.11. The number of hydrogen-bond acceptors (Lipinski definition) is 3. The smallest absolute Gasteiger partial charge is 0.323 e. The molecular formula is C13H13F3N2S. The molecule has 19 heavy (non-hydrogen) atoms. The van der Waals surface area contributed by atoms with Gasteiger partial charge in [-0.1, -0.05) is 29.8 Å². The van der Waals surface area contributed by atoms with Gasteiger partial charge in [0.15, 0.2) is 5.01 Å². The Balaban J connectivity index is 2.12. The maximum atomic E-state index is 12.5. The van der Waals surface area contributed by atoms with Crippen molar-refractivity contribution in [3.63, 3.8) is 0 Å². The van der Waals surface area contributed by atoms with Gasteiger partial charge in [0.1, 0.15) is 0 Å². The van der Waals surface area contributed by atoms with Crippen LogP contribution < -0.4 is 5.73 Å². The summed E-state index contributed by atoms with van der Waals surface area (Å²) in [5, 5.41) is -0.845. The molecule has 0 amide bonds. The van der Waals surface area contributed by atoms with Crippen molar-refractivity contribution in [2.45, 2.75) is 25.6 Å². The zero-order valence-corrected chi connectivity index (χ0v) is 11.1. The number of halogens is 3. The number of rotatable bonds is 3. The van der Waals surface area contributed by atoms with Crippen molar-refractivity contribution in [1.82, 2.24) is 4.98 Å². The summed E-state index contributed by atoms with van der Waals surface area (Å²) in [6, 6.07) is 7.30. The van der Waals surface area contributed by atoms with E-state index in [0.29, 0.717) is 22.6 Å². The zero-order valence-electron chi connectivity index (χ0n) is 10.2. The SMILES string of the molecule is Cc1cccc(CC(N)c2cnc(C(F)(F)F)s2)c1. The van der Waals surface area contributed by atoms with Crippen molar-refractivity contribution >= 4 is 11.3 Å². The molecule has 0 fully saturated rings. The fourth-order valence-electron chi connectivity index (χ4n) is 1.78. The van der Waals surface area contributed by atoms with E-state index in [0.717, 1.165) is 11.1 Å². The molecular weight excluding hydrogens is 273 g/mol. The predicted octanol–water partition coefficient (Wildman–Crippen LogP) is 3.71. The van der Waals surface area contributed by atoms with Gasteiger partial charge < -0.3 is 5.73 Å². The van der Waals surface area contributed by atoms with Crippen LogP contribution >= 0.6 is 11.3 Å². The molecule has 2 aromatic rings. The third kappa shape index (κ3) is 3.54. The summed E-state index contributed by atoms with van der Waals surface area (Å²) in [6.07, 6.45) is -2.68. The second kappa shape index (κ2) is 5.30. The number of benzene rings is 1. The molecule has 2 nitrogen and oxygen atoms in total. The van der Waals surface area contributed by atoms with Gasteiger partial charge in [-0.3, -0.25) is 0 Å². The van der Waals surface area contributed by atoms with Gasteiger partial charge in [0.05, 0.1) is 0 Å². The quantitative estimate of drug-likeness (QED) is 0.934. The minimum Gasteiger partial charge on any atom is -0.323 e. The van der Waals surface area contributed by atoms with E-state index >= 15 is 0 Å². The minimum atomic E-state index is -4.40. The van der Waals surface area contributed by atoms with Crippen molar-refractivity contribution in [1.29, 1.82) is 0 Å². The largest absolute Gasteiger partial charge is 0.443 e. The summed E-state index contributed by atoms with van der Waals surface area (Å²) in [5.74, 6) is 0. The van der Waals surface area contributed by atoms with Crippen LogP contribution in [0.25, 0.3) is 0 Å². The highest BCUT2D eigenvalue weighted by molar-refractivity contribution is 7.11. The van der Waals surface area contributed by atoms with Crippen molar-refractivity contribution < 1.29 is 13.2 Å². The van der Waals surface area contributed by atoms with Crippen LogP contribution in [-0.4, -0.2) is 4.98 Å². The van der Waals surface area contributed by atoms with Crippen molar-refractivity contribution in [3.05, 3.63) is 51.5 Å². The van der Waals surface area contributed by atoms with Crippen molar-refractivity contribution in [2.75, 3.05) is 0 Å². The highest BCUT2D eigenvalue weighted by Crippen LogP contribution is 2.34. The van der Waals surface area contributed by atoms with Crippen LogP contribution in [0.3, 0.4) is 0 Å². The van der Waals surface area contributed by atoms with Crippen LogP contribution in [0.2, 0.25) is 0 Å². The van der Waals surface area contributed by atoms with E-state index in [-0.39, 0.29) is 0 Å². The molecule has 6 heteroatoms. The van der Waals surface area contributed by atoms with E-state index in [2.05, 4.69) is 4.98 Å². The van der Waals surface area contributed by atoms with Gasteiger partial charge in [-0.15, -0.1) is 11.3 Å². The molecule has 0 radical (unpaired) electrons. The number of nitrogens with two attached hydrogens (primary N) is 1. The van der Waals surface area contributed by atoms with Crippen LogP contribution in [0.4, 0.5) is 13.2 Å². The molecule has 0 spiro atoms. The summed E-state index contributed by atoms with van der Waals surface area (Å²) >= 11 is 0.610. The summed E-state index contributed by atoms with van der Waals surface area (Å²) in [4.78, 5) is 3.83. The van der Waals surface area contributed by atoms with Gasteiger partial charge in [-0.2, -0.15) is 13.2 Å². The Hall–Kier alpha value is -1.40. The van der Waals surface area contributed by atoms with E-state index in [1.807, 2.05) is 31.2 Å². The molecule has 0 aliphatic rings. The first-order valence-corrected chi connectivity index (χ1v) is 6.52. The van der Waals surface area contributed by atoms with Crippen molar-refractivity contribution in [2.24, 2.45) is 5.73 Å². The minimum absolute atomic E-state index is 0.453. The number of nitrogens with zero attached hydrogens (tertiary/aromatic N) is 1. The van der Waals surface area contributed by atoms with Crippen LogP contribution in [0.15, 0.2) is 30.5 Å². The lowest BCUT2D eigenvalue weighted by atomic mass is 10.0. The Morgan fingerprint density at radius 1 is 1.37 bits per heavy atom. The van der Waals surface area contributed by atoms with Crippen LogP contribution in [0.5, 0.6) is 0 Å². The maximum Gasteiger partial charge on any atom is 0.443 e. The van der Waals surface area contributed by atoms with E-state index in [4.69, 9.17) is 5.73 Å². The molecule has 1 unspecified atom stereocenters. The molecule has 1 aromatic heterocycles. The molecule has 102 valence electrons. The van der Waals surface area contributed by atoms with Crippen LogP contribution in [-0.2, 0) is 12.6 Å². The Morgan fingerprint density at radius 2 is 2.11 bits per heavy atom. The van der Waals surface area contributed by atoms with Gasteiger partial charge >= 0.3 is 6.18 Å². The predicted molar refractivity (Wildman–Crippen MR) is 68.9 cm³/mol. The first-order valence-electron chi connectivity index (χ1n) is 5.70. The Labute approximate surface area is 113 Å². The lowest BCUT2D eigenvalue weighted by molar-refractivity contribution is -0.137. The number of aromatic nitrogens is 1. The average molecular weight is 286 g/mol. The van der Waals surface area contributed by atoms with Gasteiger partial charge in [-0.05, 0) is 18.9 Å². The fourth-order valence-corrected chi connectivity index (χ4v) is 2.57. The molecule has 2 rings (SSSR count).